The van der Waals surface area contributed by atoms with Crippen LogP contribution in [0.1, 0.15) is 43.7 Å². The minimum Gasteiger partial charge on any atom is -0.488 e. The average Bonchev–Trinajstić information content (AvgIpc) is 2.83. The summed E-state index contributed by atoms with van der Waals surface area (Å²) in [4.78, 5) is 13.3. The molecule has 0 saturated carbocycles. The highest BCUT2D eigenvalue weighted by Gasteiger charge is 2.14. The Kier molecular flexibility index (Phi) is 7.74. The topological polar surface area (TPSA) is 39.4 Å². The summed E-state index contributed by atoms with van der Waals surface area (Å²) in [5, 5.41) is 1.88. The average molecular weight is 481 g/mol. The van der Waals surface area contributed by atoms with Gasteiger partial charge in [0.15, 0.2) is 0 Å². The molecule has 33 heavy (non-hydrogen) atoms. The van der Waals surface area contributed by atoms with Gasteiger partial charge in [0.2, 0.25) is 5.43 Å². The number of halogens is 2. The zero-order valence-corrected chi connectivity index (χ0v) is 20.1. The SMILES string of the molecule is CCCCCCc1cc2c(=O)c(-c3ccc(Cl)cc3)coc2cc1OCc1ccc(Cl)cc1. The number of benzene rings is 3. The maximum atomic E-state index is 13.3. The normalized spacial score (nSPS) is 11.1. The van der Waals surface area contributed by atoms with Crippen LogP contribution in [-0.2, 0) is 13.0 Å². The minimum atomic E-state index is -0.0577. The molecular formula is C28H26Cl2O3. The molecule has 0 aliphatic carbocycles. The van der Waals surface area contributed by atoms with E-state index >= 15 is 0 Å². The summed E-state index contributed by atoms with van der Waals surface area (Å²) in [5.41, 5.74) is 3.80. The lowest BCUT2D eigenvalue weighted by molar-refractivity contribution is 0.302. The van der Waals surface area contributed by atoms with Crippen molar-refractivity contribution in [3.05, 3.63) is 98.3 Å². The molecule has 0 saturated heterocycles. The highest BCUT2D eigenvalue weighted by molar-refractivity contribution is 6.30. The van der Waals surface area contributed by atoms with E-state index in [1.54, 1.807) is 12.1 Å². The maximum absolute atomic E-state index is 13.3. The van der Waals surface area contributed by atoms with Crippen molar-refractivity contribution in [3.8, 4) is 16.9 Å². The van der Waals surface area contributed by atoms with Gasteiger partial charge < -0.3 is 9.15 Å². The number of fused-ring (bicyclic) bond motifs is 1. The summed E-state index contributed by atoms with van der Waals surface area (Å²) in [6.07, 6.45) is 6.90. The summed E-state index contributed by atoms with van der Waals surface area (Å²) in [7, 11) is 0. The molecule has 3 nitrogen and oxygen atoms in total. The van der Waals surface area contributed by atoms with Crippen LogP contribution in [0.3, 0.4) is 0 Å². The number of rotatable bonds is 9. The van der Waals surface area contributed by atoms with Crippen LogP contribution in [0.4, 0.5) is 0 Å². The van der Waals surface area contributed by atoms with Crippen molar-refractivity contribution in [3.63, 3.8) is 0 Å². The van der Waals surface area contributed by atoms with E-state index in [-0.39, 0.29) is 5.43 Å². The van der Waals surface area contributed by atoms with Crippen molar-refractivity contribution in [1.82, 2.24) is 0 Å². The predicted molar refractivity (Wildman–Crippen MR) is 137 cm³/mol. The molecule has 0 N–H and O–H groups in total. The first-order chi connectivity index (χ1) is 16.0. The second-order valence-corrected chi connectivity index (χ2v) is 9.04. The number of aryl methyl sites for hydroxylation is 1. The molecule has 0 aliphatic rings. The lowest BCUT2D eigenvalue weighted by Gasteiger charge is -2.13. The van der Waals surface area contributed by atoms with Gasteiger partial charge in [-0.3, -0.25) is 4.79 Å². The quantitative estimate of drug-likeness (QED) is 0.225. The Labute approximate surface area is 203 Å². The van der Waals surface area contributed by atoms with Crippen LogP contribution in [0, 0.1) is 0 Å². The monoisotopic (exact) mass is 480 g/mol. The summed E-state index contributed by atoms with van der Waals surface area (Å²) in [5.74, 6) is 0.747. The Bertz CT molecular complexity index is 1280. The first-order valence-corrected chi connectivity index (χ1v) is 12.0. The standard InChI is InChI=1S/C28H26Cl2O3/c1-2-3-4-5-6-21-15-24-27(16-26(21)32-17-19-7-11-22(29)12-8-19)33-18-25(28(24)31)20-9-13-23(30)14-10-20/h7-16,18H,2-6,17H2,1H3. The maximum Gasteiger partial charge on any atom is 0.200 e. The number of unbranched alkanes of at least 4 members (excludes halogenated alkanes) is 3. The van der Waals surface area contributed by atoms with Gasteiger partial charge in [0.05, 0.1) is 10.9 Å². The molecule has 0 spiro atoms. The van der Waals surface area contributed by atoms with E-state index in [1.165, 1.54) is 19.1 Å². The van der Waals surface area contributed by atoms with Crippen molar-refractivity contribution < 1.29 is 9.15 Å². The van der Waals surface area contributed by atoms with Crippen molar-refractivity contribution >= 4 is 34.2 Å². The molecule has 0 amide bonds. The fourth-order valence-electron chi connectivity index (χ4n) is 3.84. The molecule has 3 aromatic carbocycles. The van der Waals surface area contributed by atoms with Crippen molar-refractivity contribution in [2.75, 3.05) is 0 Å². The Morgan fingerprint density at radius 3 is 2.27 bits per heavy atom. The first kappa shape index (κ1) is 23.4. The molecule has 5 heteroatoms. The lowest BCUT2D eigenvalue weighted by Crippen LogP contribution is -2.07. The van der Waals surface area contributed by atoms with Gasteiger partial charge in [-0.05, 0) is 59.9 Å². The molecule has 0 fully saturated rings. The van der Waals surface area contributed by atoms with Gasteiger partial charge in [0, 0.05) is 16.1 Å². The molecule has 1 heterocycles. The van der Waals surface area contributed by atoms with Crippen LogP contribution >= 0.6 is 23.2 Å². The molecule has 0 atom stereocenters. The van der Waals surface area contributed by atoms with E-state index in [9.17, 15) is 4.79 Å². The minimum absolute atomic E-state index is 0.0577. The van der Waals surface area contributed by atoms with Gasteiger partial charge in [-0.15, -0.1) is 0 Å². The van der Waals surface area contributed by atoms with E-state index in [0.29, 0.717) is 33.2 Å². The predicted octanol–water partition coefficient (Wildman–Crippen LogP) is 8.47. The second kappa shape index (κ2) is 10.9. The Balaban J connectivity index is 1.69. The smallest absolute Gasteiger partial charge is 0.200 e. The van der Waals surface area contributed by atoms with Crippen LogP contribution in [-0.4, -0.2) is 0 Å². The van der Waals surface area contributed by atoms with E-state index in [2.05, 4.69) is 6.92 Å². The van der Waals surface area contributed by atoms with E-state index < -0.39 is 0 Å². The van der Waals surface area contributed by atoms with E-state index in [4.69, 9.17) is 32.4 Å². The fourth-order valence-corrected chi connectivity index (χ4v) is 4.10. The largest absolute Gasteiger partial charge is 0.488 e. The Morgan fingerprint density at radius 2 is 1.58 bits per heavy atom. The van der Waals surface area contributed by atoms with Crippen LogP contribution in [0.15, 0.2) is 76.1 Å². The van der Waals surface area contributed by atoms with Gasteiger partial charge in [0.25, 0.3) is 0 Å². The van der Waals surface area contributed by atoms with Crippen LogP contribution in [0.25, 0.3) is 22.1 Å². The molecule has 0 radical (unpaired) electrons. The van der Waals surface area contributed by atoms with Crippen molar-refractivity contribution in [1.29, 1.82) is 0 Å². The van der Waals surface area contributed by atoms with Crippen molar-refractivity contribution in [2.24, 2.45) is 0 Å². The third-order valence-electron chi connectivity index (χ3n) is 5.72. The number of ether oxygens (including phenoxy) is 1. The van der Waals surface area contributed by atoms with E-state index in [0.717, 1.165) is 41.7 Å². The molecule has 1 aromatic heterocycles. The molecule has 0 unspecified atom stereocenters. The van der Waals surface area contributed by atoms with Gasteiger partial charge in [0.1, 0.15) is 24.2 Å². The van der Waals surface area contributed by atoms with E-state index in [1.807, 2.05) is 48.5 Å². The van der Waals surface area contributed by atoms with Crippen LogP contribution < -0.4 is 10.2 Å². The lowest BCUT2D eigenvalue weighted by atomic mass is 10.0. The van der Waals surface area contributed by atoms with Gasteiger partial charge in [-0.1, -0.05) is 73.7 Å². The third-order valence-corrected chi connectivity index (χ3v) is 6.22. The molecular weight excluding hydrogens is 455 g/mol. The molecule has 0 bridgehead atoms. The zero-order valence-electron chi connectivity index (χ0n) is 18.6. The highest BCUT2D eigenvalue weighted by Crippen LogP contribution is 2.29. The zero-order chi connectivity index (χ0) is 23.2. The van der Waals surface area contributed by atoms with Gasteiger partial charge >= 0.3 is 0 Å². The number of hydrogen-bond acceptors (Lipinski definition) is 3. The molecule has 4 aromatic rings. The van der Waals surface area contributed by atoms with Crippen LogP contribution in [0.2, 0.25) is 10.0 Å². The van der Waals surface area contributed by atoms with Gasteiger partial charge in [-0.2, -0.15) is 0 Å². The van der Waals surface area contributed by atoms with Crippen LogP contribution in [0.5, 0.6) is 5.75 Å². The number of hydrogen-bond donors (Lipinski definition) is 0. The summed E-state index contributed by atoms with van der Waals surface area (Å²) < 4.78 is 12.1. The molecule has 4 rings (SSSR count). The summed E-state index contributed by atoms with van der Waals surface area (Å²) >= 11 is 12.0. The summed E-state index contributed by atoms with van der Waals surface area (Å²) in [6, 6.07) is 18.6. The fraction of sp³-hybridized carbons (Fsp3) is 0.250. The molecule has 0 aliphatic heterocycles. The highest BCUT2D eigenvalue weighted by atomic mass is 35.5. The summed E-state index contributed by atoms with van der Waals surface area (Å²) in [6.45, 7) is 2.61. The van der Waals surface area contributed by atoms with Gasteiger partial charge in [-0.25, -0.2) is 0 Å². The Morgan fingerprint density at radius 1 is 0.879 bits per heavy atom. The second-order valence-electron chi connectivity index (χ2n) is 8.17. The van der Waals surface area contributed by atoms with Crippen molar-refractivity contribution in [2.45, 2.75) is 45.6 Å². The third kappa shape index (κ3) is 5.79. The Hall–Kier alpha value is -2.75. The molecule has 170 valence electrons. The first-order valence-electron chi connectivity index (χ1n) is 11.3.